The number of nitrogens with one attached hydrogen (secondary N) is 2. The van der Waals surface area contributed by atoms with E-state index in [-0.39, 0.29) is 6.10 Å². The molecule has 3 aromatic rings. The Balaban J connectivity index is 1.27. The lowest BCUT2D eigenvalue weighted by atomic mass is 10.00. The van der Waals surface area contributed by atoms with E-state index in [1.54, 1.807) is 0 Å². The van der Waals surface area contributed by atoms with E-state index in [1.807, 2.05) is 6.20 Å². The van der Waals surface area contributed by atoms with Crippen LogP contribution >= 0.6 is 0 Å². The van der Waals surface area contributed by atoms with E-state index in [2.05, 4.69) is 63.7 Å². The molecule has 0 saturated carbocycles. The summed E-state index contributed by atoms with van der Waals surface area (Å²) in [6.07, 6.45) is 2.69. The molecule has 0 amide bonds. The molecule has 0 bridgehead atoms. The van der Waals surface area contributed by atoms with Crippen LogP contribution in [-0.4, -0.2) is 40.7 Å². The Bertz CT molecular complexity index is 842. The predicted octanol–water partition coefficient (Wildman–Crippen LogP) is 2.68. The van der Waals surface area contributed by atoms with Gasteiger partial charge in [0.25, 0.3) is 0 Å². The molecule has 0 aliphatic carbocycles. The maximum Gasteiger partial charge on any atom is 0.0791 e. The molecule has 3 N–H and O–H groups in total. The summed E-state index contributed by atoms with van der Waals surface area (Å²) < 4.78 is 0. The molecule has 25 heavy (non-hydrogen) atoms. The largest absolute Gasteiger partial charge is 0.390 e. The van der Waals surface area contributed by atoms with Crippen LogP contribution in [0.25, 0.3) is 10.9 Å². The SMILES string of the molecule is OC(CNCc1cccc2[nH]ccc12)CN1CCc2ccccc2C1. The third-order valence-electron chi connectivity index (χ3n) is 5.06. The summed E-state index contributed by atoms with van der Waals surface area (Å²) in [5, 5.41) is 15.0. The first kappa shape index (κ1) is 16.3. The average molecular weight is 335 g/mol. The highest BCUT2D eigenvalue weighted by atomic mass is 16.3. The molecule has 4 heteroatoms. The van der Waals surface area contributed by atoms with Gasteiger partial charge in [-0.05, 0) is 35.2 Å². The molecule has 4 rings (SSSR count). The number of fused-ring (bicyclic) bond motifs is 2. The second-order valence-electron chi connectivity index (χ2n) is 6.89. The van der Waals surface area contributed by atoms with Gasteiger partial charge in [-0.1, -0.05) is 36.4 Å². The first-order chi connectivity index (χ1) is 12.3. The van der Waals surface area contributed by atoms with E-state index >= 15 is 0 Å². The molecule has 0 saturated heterocycles. The van der Waals surface area contributed by atoms with Crippen molar-refractivity contribution in [3.8, 4) is 0 Å². The molecule has 2 aromatic carbocycles. The van der Waals surface area contributed by atoms with Gasteiger partial charge in [-0.3, -0.25) is 4.90 Å². The number of aromatic amines is 1. The number of aliphatic hydroxyl groups excluding tert-OH is 1. The van der Waals surface area contributed by atoms with Gasteiger partial charge >= 0.3 is 0 Å². The molecule has 130 valence electrons. The molecule has 0 radical (unpaired) electrons. The van der Waals surface area contributed by atoms with Crippen molar-refractivity contribution in [1.82, 2.24) is 15.2 Å². The van der Waals surface area contributed by atoms with Gasteiger partial charge in [0, 0.05) is 49.8 Å². The summed E-state index contributed by atoms with van der Waals surface area (Å²) in [5.41, 5.74) is 5.27. The highest BCUT2D eigenvalue weighted by Crippen LogP contribution is 2.19. The van der Waals surface area contributed by atoms with Crippen LogP contribution in [-0.2, 0) is 19.5 Å². The average Bonchev–Trinajstić information content (AvgIpc) is 3.11. The zero-order valence-electron chi connectivity index (χ0n) is 14.4. The van der Waals surface area contributed by atoms with E-state index in [0.717, 1.165) is 38.1 Å². The van der Waals surface area contributed by atoms with Crippen LogP contribution in [0.5, 0.6) is 0 Å². The Morgan fingerprint density at radius 1 is 1.08 bits per heavy atom. The zero-order chi connectivity index (χ0) is 17.1. The molecular formula is C21H25N3O. The minimum Gasteiger partial charge on any atom is -0.390 e. The number of hydrogen-bond acceptors (Lipinski definition) is 3. The van der Waals surface area contributed by atoms with Crippen molar-refractivity contribution in [2.75, 3.05) is 19.6 Å². The summed E-state index contributed by atoms with van der Waals surface area (Å²) >= 11 is 0. The minimum absolute atomic E-state index is 0.351. The van der Waals surface area contributed by atoms with Gasteiger partial charge < -0.3 is 15.4 Å². The third-order valence-corrected chi connectivity index (χ3v) is 5.06. The van der Waals surface area contributed by atoms with Crippen LogP contribution in [0.2, 0.25) is 0 Å². The fourth-order valence-electron chi connectivity index (χ4n) is 3.75. The first-order valence-corrected chi connectivity index (χ1v) is 9.02. The van der Waals surface area contributed by atoms with Crippen molar-refractivity contribution in [3.63, 3.8) is 0 Å². The smallest absolute Gasteiger partial charge is 0.0791 e. The van der Waals surface area contributed by atoms with Crippen molar-refractivity contribution in [3.05, 3.63) is 71.4 Å². The van der Waals surface area contributed by atoms with Gasteiger partial charge in [-0.15, -0.1) is 0 Å². The Morgan fingerprint density at radius 3 is 2.88 bits per heavy atom. The van der Waals surface area contributed by atoms with Gasteiger partial charge in [0.05, 0.1) is 6.10 Å². The summed E-state index contributed by atoms with van der Waals surface area (Å²) in [4.78, 5) is 5.59. The number of H-pyrrole nitrogens is 1. The predicted molar refractivity (Wildman–Crippen MR) is 101 cm³/mol. The van der Waals surface area contributed by atoms with Crippen molar-refractivity contribution >= 4 is 10.9 Å². The van der Waals surface area contributed by atoms with E-state index in [1.165, 1.54) is 22.1 Å². The topological polar surface area (TPSA) is 51.3 Å². The number of nitrogens with zero attached hydrogens (tertiary/aromatic N) is 1. The maximum absolute atomic E-state index is 10.4. The second kappa shape index (κ2) is 7.40. The van der Waals surface area contributed by atoms with E-state index in [9.17, 15) is 5.11 Å². The third kappa shape index (κ3) is 3.76. The lowest BCUT2D eigenvalue weighted by Crippen LogP contribution is -2.40. The van der Waals surface area contributed by atoms with Crippen LogP contribution in [0.3, 0.4) is 0 Å². The lowest BCUT2D eigenvalue weighted by Gasteiger charge is -2.30. The summed E-state index contributed by atoms with van der Waals surface area (Å²) in [5.74, 6) is 0. The Morgan fingerprint density at radius 2 is 1.96 bits per heavy atom. The Hall–Kier alpha value is -2.14. The molecule has 1 aliphatic heterocycles. The molecular weight excluding hydrogens is 310 g/mol. The van der Waals surface area contributed by atoms with Crippen molar-refractivity contribution < 1.29 is 5.11 Å². The number of rotatable bonds is 6. The fourth-order valence-corrected chi connectivity index (χ4v) is 3.75. The molecule has 1 aliphatic rings. The summed E-state index contributed by atoms with van der Waals surface area (Å²) in [6.45, 7) is 4.07. The number of aromatic nitrogens is 1. The van der Waals surface area contributed by atoms with Gasteiger partial charge in [0.15, 0.2) is 0 Å². The summed E-state index contributed by atoms with van der Waals surface area (Å²) in [6, 6.07) is 17.0. The van der Waals surface area contributed by atoms with Crippen LogP contribution in [0.4, 0.5) is 0 Å². The molecule has 1 atom stereocenters. The van der Waals surface area contributed by atoms with Crippen molar-refractivity contribution in [1.29, 1.82) is 0 Å². The maximum atomic E-state index is 10.4. The fraction of sp³-hybridized carbons (Fsp3) is 0.333. The van der Waals surface area contributed by atoms with Gasteiger partial charge in [-0.2, -0.15) is 0 Å². The van der Waals surface area contributed by atoms with Gasteiger partial charge in [-0.25, -0.2) is 0 Å². The molecule has 1 aromatic heterocycles. The number of β-amino-alcohol motifs (C(OH)–C–C–N with tert-alkyl or cyclic N) is 1. The summed E-state index contributed by atoms with van der Waals surface area (Å²) in [7, 11) is 0. The normalized spacial score (nSPS) is 16.0. The number of aliphatic hydroxyl groups is 1. The standard InChI is InChI=1S/C21H25N3O/c25-19(15-24-11-9-16-4-1-2-5-18(16)14-24)13-22-12-17-6-3-7-21-20(17)8-10-23-21/h1-8,10,19,22-23,25H,9,11-15H2. The molecule has 4 nitrogen and oxygen atoms in total. The first-order valence-electron chi connectivity index (χ1n) is 9.02. The Labute approximate surface area is 148 Å². The minimum atomic E-state index is -0.351. The second-order valence-corrected chi connectivity index (χ2v) is 6.89. The van der Waals surface area contributed by atoms with E-state index in [0.29, 0.717) is 6.54 Å². The van der Waals surface area contributed by atoms with E-state index in [4.69, 9.17) is 0 Å². The van der Waals surface area contributed by atoms with Crippen LogP contribution in [0.15, 0.2) is 54.7 Å². The van der Waals surface area contributed by atoms with Gasteiger partial charge in [0.1, 0.15) is 0 Å². The lowest BCUT2D eigenvalue weighted by molar-refractivity contribution is 0.104. The Kier molecular flexibility index (Phi) is 4.83. The molecule has 0 spiro atoms. The zero-order valence-corrected chi connectivity index (χ0v) is 14.4. The van der Waals surface area contributed by atoms with E-state index < -0.39 is 0 Å². The van der Waals surface area contributed by atoms with Crippen molar-refractivity contribution in [2.45, 2.75) is 25.6 Å². The van der Waals surface area contributed by atoms with Gasteiger partial charge in [0.2, 0.25) is 0 Å². The monoisotopic (exact) mass is 335 g/mol. The highest BCUT2D eigenvalue weighted by Gasteiger charge is 2.18. The molecule has 0 fully saturated rings. The molecule has 1 unspecified atom stereocenters. The van der Waals surface area contributed by atoms with Crippen LogP contribution in [0.1, 0.15) is 16.7 Å². The van der Waals surface area contributed by atoms with Crippen LogP contribution in [0, 0.1) is 0 Å². The quantitative estimate of drug-likeness (QED) is 0.649. The van der Waals surface area contributed by atoms with Crippen LogP contribution < -0.4 is 5.32 Å². The number of benzene rings is 2. The highest BCUT2D eigenvalue weighted by molar-refractivity contribution is 5.82. The molecule has 2 heterocycles. The van der Waals surface area contributed by atoms with Crippen molar-refractivity contribution in [2.24, 2.45) is 0 Å². The number of hydrogen-bond donors (Lipinski definition) is 3.